The van der Waals surface area contributed by atoms with Gasteiger partial charge in [-0.2, -0.15) is 13.9 Å². The fourth-order valence-corrected chi connectivity index (χ4v) is 4.82. The van der Waals surface area contributed by atoms with Gasteiger partial charge in [-0.25, -0.2) is 4.98 Å². The highest BCUT2D eigenvalue weighted by Gasteiger charge is 2.44. The Balaban J connectivity index is 1.57. The number of hydrogen-bond acceptors (Lipinski definition) is 4. The van der Waals surface area contributed by atoms with Crippen LogP contribution in [-0.2, 0) is 7.05 Å². The monoisotopic (exact) mass is 462 g/mol. The maximum atomic E-state index is 13.5. The van der Waals surface area contributed by atoms with E-state index in [9.17, 15) is 13.6 Å². The van der Waals surface area contributed by atoms with Crippen molar-refractivity contribution in [3.05, 3.63) is 76.9 Å². The third-order valence-corrected chi connectivity index (χ3v) is 6.21. The topological polar surface area (TPSA) is 65.2 Å². The van der Waals surface area contributed by atoms with Gasteiger partial charge in [0, 0.05) is 47.4 Å². The predicted molar refractivity (Wildman–Crippen MR) is 120 cm³/mol. The number of halogens is 2. The number of fused-ring (bicyclic) bond motifs is 9. The Kier molecular flexibility index (Phi) is 3.78. The Morgan fingerprint density at radius 3 is 2.82 bits per heavy atom. The van der Waals surface area contributed by atoms with Crippen molar-refractivity contribution >= 4 is 16.9 Å². The van der Waals surface area contributed by atoms with Gasteiger partial charge in [0.15, 0.2) is 0 Å². The molecule has 0 aliphatic carbocycles. The molecule has 2 bridgehead atoms. The maximum Gasteiger partial charge on any atom is 0.387 e. The Labute approximate surface area is 197 Å². The van der Waals surface area contributed by atoms with Crippen LogP contribution in [0.15, 0.2) is 48.8 Å². The van der Waals surface area contributed by atoms with Crippen molar-refractivity contribution in [2.75, 3.05) is 6.98 Å². The fraction of sp³-hybridized carbons (Fsp3) is 0.240. The van der Waals surface area contributed by atoms with Crippen LogP contribution in [0.2, 0.25) is 0 Å². The zero-order valence-electron chi connectivity index (χ0n) is 20.9. The number of aryl methyl sites for hydroxylation is 1. The van der Waals surface area contributed by atoms with E-state index in [1.807, 2.05) is 10.6 Å². The third-order valence-electron chi connectivity index (χ3n) is 6.21. The van der Waals surface area contributed by atoms with E-state index < -0.39 is 31.6 Å². The molecule has 2 aliphatic heterocycles. The van der Waals surface area contributed by atoms with Gasteiger partial charge >= 0.3 is 6.61 Å². The number of hydrogen-bond donors (Lipinski definition) is 0. The fourth-order valence-electron chi connectivity index (χ4n) is 4.82. The van der Waals surface area contributed by atoms with Crippen LogP contribution in [0, 0.1) is 11.8 Å². The molecule has 7 nitrogen and oxygen atoms in total. The van der Waals surface area contributed by atoms with E-state index >= 15 is 0 Å². The number of rotatable bonds is 2. The summed E-state index contributed by atoms with van der Waals surface area (Å²) in [5.41, 5.74) is 2.88. The summed E-state index contributed by atoms with van der Waals surface area (Å²) in [5.74, 6) is 5.57. The highest BCUT2D eigenvalue weighted by atomic mass is 19.3. The minimum atomic E-state index is -3.12. The zero-order chi connectivity index (χ0) is 26.1. The molecule has 170 valence electrons. The van der Waals surface area contributed by atoms with Crippen LogP contribution < -0.4 is 4.74 Å². The molecule has 0 unspecified atom stereocenters. The van der Waals surface area contributed by atoms with Gasteiger partial charge in [0.1, 0.15) is 11.6 Å². The molecular weight excluding hydrogens is 440 g/mol. The van der Waals surface area contributed by atoms with Crippen LogP contribution in [0.5, 0.6) is 5.75 Å². The van der Waals surface area contributed by atoms with E-state index in [1.54, 1.807) is 36.3 Å². The van der Waals surface area contributed by atoms with E-state index in [4.69, 9.17) is 8.85 Å². The zero-order valence-corrected chi connectivity index (χ0v) is 17.9. The molecular formula is C25H19F2N5O2. The second-order valence-corrected chi connectivity index (χ2v) is 8.23. The number of amides is 1. The van der Waals surface area contributed by atoms with Crippen LogP contribution in [0.1, 0.15) is 55.5 Å². The number of ether oxygens (including phenoxy) is 1. The molecule has 9 heteroatoms. The molecule has 6 rings (SSSR count). The largest absolute Gasteiger partial charge is 0.434 e. The van der Waals surface area contributed by atoms with Crippen LogP contribution in [0.3, 0.4) is 0 Å². The van der Waals surface area contributed by atoms with Crippen LogP contribution in [0.25, 0.3) is 11.0 Å². The van der Waals surface area contributed by atoms with Gasteiger partial charge in [0.05, 0.1) is 34.9 Å². The predicted octanol–water partition coefficient (Wildman–Crippen LogP) is 3.89. The minimum absolute atomic E-state index is 0.0156. The summed E-state index contributed by atoms with van der Waals surface area (Å²) in [4.78, 5) is 19.0. The van der Waals surface area contributed by atoms with Gasteiger partial charge in [0.2, 0.25) is 0 Å². The lowest BCUT2D eigenvalue weighted by atomic mass is 9.97. The summed E-state index contributed by atoms with van der Waals surface area (Å²) < 4.78 is 59.2. The van der Waals surface area contributed by atoms with Gasteiger partial charge < -0.3 is 14.2 Å². The second kappa shape index (κ2) is 7.42. The Morgan fingerprint density at radius 1 is 1.21 bits per heavy atom. The van der Waals surface area contributed by atoms with Crippen molar-refractivity contribution in [3.8, 4) is 17.6 Å². The summed E-state index contributed by atoms with van der Waals surface area (Å²) in [6, 6.07) is 8.07. The minimum Gasteiger partial charge on any atom is -0.434 e. The van der Waals surface area contributed by atoms with Crippen molar-refractivity contribution in [3.63, 3.8) is 0 Å². The van der Waals surface area contributed by atoms with Crippen molar-refractivity contribution < 1.29 is 22.4 Å². The highest BCUT2D eigenvalue weighted by molar-refractivity contribution is 5.97. The average molecular weight is 462 g/mol. The van der Waals surface area contributed by atoms with E-state index in [2.05, 4.69) is 21.9 Å². The first-order valence-corrected chi connectivity index (χ1v) is 10.6. The number of carbonyl (C=O) groups excluding carboxylic acids is 1. The molecule has 2 aromatic heterocycles. The third kappa shape index (κ3) is 3.06. The number of imidazole rings is 1. The standard InChI is InChI=1S/C25H19F2N5O2/c1-30-13-15(12-28-30)7-6-14-8-9-17-18(10-14)32-19-11-20(23(32)29-17)31(2)24(33)16-4-3-5-21(22(16)19)34-25(26)27/h3-5,8-10,12-13,19-20,25H,11H2,1-2H3/t19-,20-/m1/s1/i2D3. The van der Waals surface area contributed by atoms with E-state index in [-0.39, 0.29) is 23.3 Å². The van der Waals surface area contributed by atoms with Gasteiger partial charge in [-0.1, -0.05) is 17.9 Å². The van der Waals surface area contributed by atoms with Gasteiger partial charge in [-0.3, -0.25) is 9.48 Å². The number of aromatic nitrogens is 4. The summed E-state index contributed by atoms with van der Waals surface area (Å²) in [5, 5.41) is 4.10. The first-order valence-electron chi connectivity index (χ1n) is 12.1. The molecule has 4 heterocycles. The quantitative estimate of drug-likeness (QED) is 0.424. The van der Waals surface area contributed by atoms with Crippen LogP contribution >= 0.6 is 0 Å². The lowest BCUT2D eigenvalue weighted by Gasteiger charge is -2.24. The van der Waals surface area contributed by atoms with E-state index in [0.717, 1.165) is 10.5 Å². The normalized spacial score (nSPS) is 20.2. The molecule has 0 saturated heterocycles. The lowest BCUT2D eigenvalue weighted by molar-refractivity contribution is -0.0507. The molecule has 2 aliphatic rings. The number of alkyl halides is 2. The molecule has 2 atom stereocenters. The molecule has 0 N–H and O–H groups in total. The average Bonchev–Trinajstić information content (AvgIpc) is 3.48. The number of carbonyl (C=O) groups is 1. The molecule has 34 heavy (non-hydrogen) atoms. The Bertz CT molecular complexity index is 1630. The Hall–Kier alpha value is -4.19. The summed E-state index contributed by atoms with van der Waals surface area (Å²) >= 11 is 0. The van der Waals surface area contributed by atoms with Gasteiger partial charge in [0.25, 0.3) is 5.91 Å². The first kappa shape index (κ1) is 17.3. The summed E-state index contributed by atoms with van der Waals surface area (Å²) in [6.45, 7) is -5.89. The van der Waals surface area contributed by atoms with Crippen LogP contribution in [-0.4, -0.2) is 43.7 Å². The molecule has 2 aromatic carbocycles. The van der Waals surface area contributed by atoms with Crippen LogP contribution in [0.4, 0.5) is 8.78 Å². The SMILES string of the molecule is [2H]C([2H])([2H])N1C(=O)c2cccc(OC(F)F)c2[C@H]2C[C@@H]1c1nc3ccc(C#Cc4cnn(C)c4)cc3n12. The van der Waals surface area contributed by atoms with Gasteiger partial charge in [-0.15, -0.1) is 0 Å². The summed E-state index contributed by atoms with van der Waals surface area (Å²) in [7, 11) is 1.80. The molecule has 0 fully saturated rings. The highest BCUT2D eigenvalue weighted by Crippen LogP contribution is 2.49. The van der Waals surface area contributed by atoms with Gasteiger partial charge in [-0.05, 0) is 30.3 Å². The smallest absolute Gasteiger partial charge is 0.387 e. The second-order valence-electron chi connectivity index (χ2n) is 8.23. The number of nitrogens with zero attached hydrogens (tertiary/aromatic N) is 5. The first-order chi connectivity index (χ1) is 17.6. The number of benzene rings is 2. The van der Waals surface area contributed by atoms with Crippen molar-refractivity contribution in [1.82, 2.24) is 24.2 Å². The molecule has 0 radical (unpaired) electrons. The van der Waals surface area contributed by atoms with E-state index in [1.165, 1.54) is 18.2 Å². The molecule has 0 spiro atoms. The van der Waals surface area contributed by atoms with Crippen molar-refractivity contribution in [2.24, 2.45) is 7.05 Å². The summed E-state index contributed by atoms with van der Waals surface area (Å²) in [6.07, 6.45) is 3.59. The maximum absolute atomic E-state index is 13.5. The van der Waals surface area contributed by atoms with Crippen molar-refractivity contribution in [2.45, 2.75) is 25.1 Å². The lowest BCUT2D eigenvalue weighted by Crippen LogP contribution is -2.30. The van der Waals surface area contributed by atoms with E-state index in [0.29, 0.717) is 22.4 Å². The molecule has 4 aromatic rings. The molecule has 0 saturated carbocycles. The molecule has 1 amide bonds. The van der Waals surface area contributed by atoms with Crippen molar-refractivity contribution in [1.29, 1.82) is 0 Å². The Morgan fingerprint density at radius 2 is 2.06 bits per heavy atom.